The summed E-state index contributed by atoms with van der Waals surface area (Å²) in [6.07, 6.45) is 2.79. The summed E-state index contributed by atoms with van der Waals surface area (Å²) >= 11 is 8.59. The SMILES string of the molecule is O=C(c1c(F)ccc(NSc2cccs2)c1F)c1c[nH]c2ncc(Cl)cc12. The Hall–Kier alpha value is -2.42. The lowest BCUT2D eigenvalue weighted by Crippen LogP contribution is -2.09. The van der Waals surface area contributed by atoms with E-state index in [-0.39, 0.29) is 11.3 Å². The second-order valence-corrected chi connectivity index (χ2v) is 7.99. The molecule has 2 N–H and O–H groups in total. The molecule has 4 nitrogen and oxygen atoms in total. The van der Waals surface area contributed by atoms with Crippen LogP contribution in [-0.2, 0) is 0 Å². The maximum absolute atomic E-state index is 14.9. The van der Waals surface area contributed by atoms with Crippen LogP contribution in [0.1, 0.15) is 15.9 Å². The molecule has 3 aromatic heterocycles. The number of ketones is 1. The molecule has 4 rings (SSSR count). The number of benzene rings is 1. The second-order valence-electron chi connectivity index (χ2n) is 5.50. The molecule has 0 amide bonds. The van der Waals surface area contributed by atoms with Crippen LogP contribution in [0.2, 0.25) is 5.02 Å². The normalized spacial score (nSPS) is 11.1. The number of pyridine rings is 1. The van der Waals surface area contributed by atoms with Gasteiger partial charge in [-0.15, -0.1) is 11.3 Å². The molecule has 27 heavy (non-hydrogen) atoms. The Morgan fingerprint density at radius 2 is 2.15 bits per heavy atom. The lowest BCUT2D eigenvalue weighted by Gasteiger charge is -2.10. The van der Waals surface area contributed by atoms with Gasteiger partial charge in [-0.2, -0.15) is 0 Å². The van der Waals surface area contributed by atoms with Crippen molar-refractivity contribution < 1.29 is 13.6 Å². The van der Waals surface area contributed by atoms with Gasteiger partial charge in [-0.25, -0.2) is 13.8 Å². The zero-order chi connectivity index (χ0) is 19.0. The molecule has 0 spiro atoms. The van der Waals surface area contributed by atoms with Gasteiger partial charge in [-0.1, -0.05) is 17.7 Å². The molecule has 0 aliphatic heterocycles. The molecule has 0 radical (unpaired) electrons. The standard InChI is InChI=1S/C18H10ClF2N3OS2/c19-9-6-10-11(8-23-18(10)22-7-9)17(25)15-12(20)3-4-13(16(15)21)24-27-14-2-1-5-26-14/h1-8,24H,(H,22,23). The first-order chi connectivity index (χ1) is 13.0. The van der Waals surface area contributed by atoms with Crippen LogP contribution in [0.3, 0.4) is 0 Å². The summed E-state index contributed by atoms with van der Waals surface area (Å²) in [5.41, 5.74) is -0.103. The van der Waals surface area contributed by atoms with Crippen LogP contribution in [-0.4, -0.2) is 15.8 Å². The number of thiophene rings is 1. The zero-order valence-corrected chi connectivity index (χ0v) is 15.8. The molecule has 1 aromatic carbocycles. The van der Waals surface area contributed by atoms with Gasteiger partial charge in [0.05, 0.1) is 20.5 Å². The minimum atomic E-state index is -0.951. The summed E-state index contributed by atoms with van der Waals surface area (Å²) in [7, 11) is 0. The molecule has 3 heterocycles. The topological polar surface area (TPSA) is 57.8 Å². The van der Waals surface area contributed by atoms with Crippen molar-refractivity contribution in [3.63, 3.8) is 0 Å². The van der Waals surface area contributed by atoms with Gasteiger partial charge in [-0.05, 0) is 41.6 Å². The summed E-state index contributed by atoms with van der Waals surface area (Å²) in [4.78, 5) is 19.7. The van der Waals surface area contributed by atoms with E-state index in [1.807, 2.05) is 17.5 Å². The lowest BCUT2D eigenvalue weighted by atomic mass is 10.0. The fourth-order valence-electron chi connectivity index (χ4n) is 2.57. The zero-order valence-electron chi connectivity index (χ0n) is 13.4. The minimum absolute atomic E-state index is 0.0224. The quantitative estimate of drug-likeness (QED) is 0.311. The Labute approximate surface area is 165 Å². The van der Waals surface area contributed by atoms with Gasteiger partial charge < -0.3 is 9.71 Å². The van der Waals surface area contributed by atoms with Gasteiger partial charge >= 0.3 is 0 Å². The average Bonchev–Trinajstić information content (AvgIpc) is 3.30. The van der Waals surface area contributed by atoms with E-state index in [0.717, 1.165) is 10.3 Å². The number of aromatic amines is 1. The summed E-state index contributed by atoms with van der Waals surface area (Å²) in [5.74, 6) is -2.67. The van der Waals surface area contributed by atoms with Gasteiger partial charge in [0.25, 0.3) is 0 Å². The first-order valence-corrected chi connectivity index (χ1v) is 9.73. The average molecular weight is 422 g/mol. The molecule has 4 aromatic rings. The van der Waals surface area contributed by atoms with Gasteiger partial charge in [0.2, 0.25) is 5.78 Å². The van der Waals surface area contributed by atoms with Crippen LogP contribution >= 0.6 is 34.9 Å². The largest absolute Gasteiger partial charge is 0.345 e. The van der Waals surface area contributed by atoms with Crippen molar-refractivity contribution in [2.24, 2.45) is 0 Å². The van der Waals surface area contributed by atoms with Crippen LogP contribution < -0.4 is 4.72 Å². The summed E-state index contributed by atoms with van der Waals surface area (Å²) < 4.78 is 32.9. The number of hydrogen-bond acceptors (Lipinski definition) is 5. The van der Waals surface area contributed by atoms with E-state index < -0.39 is 23.0 Å². The van der Waals surface area contributed by atoms with Crippen LogP contribution in [0.4, 0.5) is 14.5 Å². The Kier molecular flexibility index (Phi) is 4.86. The number of aromatic nitrogens is 2. The van der Waals surface area contributed by atoms with E-state index in [0.29, 0.717) is 16.1 Å². The summed E-state index contributed by atoms with van der Waals surface area (Å²) in [6.45, 7) is 0. The number of nitrogens with zero attached hydrogens (tertiary/aromatic N) is 1. The van der Waals surface area contributed by atoms with Crippen molar-refractivity contribution in [3.05, 3.63) is 75.9 Å². The van der Waals surface area contributed by atoms with Gasteiger partial charge in [0.1, 0.15) is 11.5 Å². The fraction of sp³-hybridized carbons (Fsp3) is 0. The van der Waals surface area contributed by atoms with Crippen molar-refractivity contribution in [2.45, 2.75) is 4.21 Å². The van der Waals surface area contributed by atoms with E-state index in [4.69, 9.17) is 11.6 Å². The van der Waals surface area contributed by atoms with Crippen molar-refractivity contribution in [3.8, 4) is 0 Å². The molecule has 0 fully saturated rings. The van der Waals surface area contributed by atoms with Crippen LogP contribution in [0, 0.1) is 11.6 Å². The molecule has 0 bridgehead atoms. The molecule has 0 aliphatic carbocycles. The summed E-state index contributed by atoms with van der Waals surface area (Å²) in [6, 6.07) is 7.57. The van der Waals surface area contributed by atoms with E-state index in [9.17, 15) is 13.6 Å². The molecule has 0 aliphatic rings. The molecule has 9 heteroatoms. The first kappa shape index (κ1) is 18.0. The van der Waals surface area contributed by atoms with Gasteiger partial charge in [0, 0.05) is 23.3 Å². The van der Waals surface area contributed by atoms with Crippen LogP contribution in [0.25, 0.3) is 11.0 Å². The third kappa shape index (κ3) is 3.43. The van der Waals surface area contributed by atoms with Gasteiger partial charge in [0.15, 0.2) is 5.82 Å². The highest BCUT2D eigenvalue weighted by Gasteiger charge is 2.24. The second kappa shape index (κ2) is 7.30. The fourth-order valence-corrected chi connectivity index (χ4v) is 4.17. The number of carbonyl (C=O) groups is 1. The predicted octanol–water partition coefficient (Wildman–Crippen LogP) is 5.91. The predicted molar refractivity (Wildman–Crippen MR) is 105 cm³/mol. The number of nitrogens with one attached hydrogen (secondary N) is 2. The number of rotatable bonds is 5. The van der Waals surface area contributed by atoms with Crippen molar-refractivity contribution in [2.75, 3.05) is 4.72 Å². The van der Waals surface area contributed by atoms with E-state index >= 15 is 0 Å². The molecular weight excluding hydrogens is 412 g/mol. The van der Waals surface area contributed by atoms with Crippen molar-refractivity contribution in [1.29, 1.82) is 0 Å². The molecule has 0 saturated heterocycles. The number of carbonyl (C=O) groups excluding carboxylic acids is 1. The first-order valence-electron chi connectivity index (χ1n) is 7.66. The molecular formula is C18H10ClF2N3OS2. The maximum Gasteiger partial charge on any atom is 0.201 e. The molecule has 136 valence electrons. The molecule has 0 unspecified atom stereocenters. The van der Waals surface area contributed by atoms with E-state index in [2.05, 4.69) is 14.7 Å². The maximum atomic E-state index is 14.9. The number of anilines is 1. The number of halogens is 3. The molecule has 0 saturated carbocycles. The minimum Gasteiger partial charge on any atom is -0.345 e. The highest BCUT2D eigenvalue weighted by Crippen LogP contribution is 2.31. The van der Waals surface area contributed by atoms with Crippen molar-refractivity contribution >= 4 is 57.4 Å². The van der Waals surface area contributed by atoms with E-state index in [1.54, 1.807) is 0 Å². The Bertz CT molecular complexity index is 1150. The number of H-pyrrole nitrogens is 1. The van der Waals surface area contributed by atoms with Crippen molar-refractivity contribution in [1.82, 2.24) is 9.97 Å². The third-order valence-corrected chi connectivity index (χ3v) is 5.88. The number of hydrogen-bond donors (Lipinski definition) is 2. The smallest absolute Gasteiger partial charge is 0.201 e. The lowest BCUT2D eigenvalue weighted by molar-refractivity contribution is 0.103. The Balaban J connectivity index is 1.72. The number of fused-ring (bicyclic) bond motifs is 1. The van der Waals surface area contributed by atoms with E-state index in [1.165, 1.54) is 47.8 Å². The highest BCUT2D eigenvalue weighted by atomic mass is 35.5. The third-order valence-electron chi connectivity index (χ3n) is 3.82. The Morgan fingerprint density at radius 3 is 2.93 bits per heavy atom. The monoisotopic (exact) mass is 421 g/mol. The molecule has 0 atom stereocenters. The van der Waals surface area contributed by atoms with Crippen LogP contribution in [0.15, 0.2) is 52.3 Å². The van der Waals surface area contributed by atoms with Crippen LogP contribution in [0.5, 0.6) is 0 Å². The summed E-state index contributed by atoms with van der Waals surface area (Å²) in [5, 5.41) is 2.60. The Morgan fingerprint density at radius 1 is 1.30 bits per heavy atom. The van der Waals surface area contributed by atoms with Gasteiger partial charge in [-0.3, -0.25) is 4.79 Å². The highest BCUT2D eigenvalue weighted by molar-refractivity contribution is 8.02.